The predicted molar refractivity (Wildman–Crippen MR) is 56.2 cm³/mol. The molecule has 1 aromatic heterocycles. The molecule has 0 aliphatic rings. The van der Waals surface area contributed by atoms with E-state index in [4.69, 9.17) is 11.6 Å². The van der Waals surface area contributed by atoms with Crippen LogP contribution in [-0.2, 0) is 21.8 Å². The lowest BCUT2D eigenvalue weighted by Gasteiger charge is -2.15. The lowest BCUT2D eigenvalue weighted by atomic mass is 10.1. The molecule has 0 spiro atoms. The molecule has 0 N–H and O–H groups in total. The van der Waals surface area contributed by atoms with E-state index in [0.29, 0.717) is 0 Å². The molecular formula is C10H8ClF4NO3. The molecule has 0 saturated carbocycles. The van der Waals surface area contributed by atoms with E-state index in [2.05, 4.69) is 14.5 Å². The van der Waals surface area contributed by atoms with Gasteiger partial charge in [-0.05, 0) is 5.56 Å². The highest BCUT2D eigenvalue weighted by atomic mass is 35.5. The normalized spacial score (nSPS) is 11.3. The van der Waals surface area contributed by atoms with Crippen LogP contribution in [0.3, 0.4) is 0 Å². The van der Waals surface area contributed by atoms with E-state index >= 15 is 0 Å². The summed E-state index contributed by atoms with van der Waals surface area (Å²) in [4.78, 5) is 14.2. The molecule has 9 heteroatoms. The Kier molecular flexibility index (Phi) is 4.93. The summed E-state index contributed by atoms with van der Waals surface area (Å²) in [5.41, 5.74) is -0.292. The van der Waals surface area contributed by atoms with Crippen LogP contribution in [0.25, 0.3) is 0 Å². The van der Waals surface area contributed by atoms with E-state index in [1.807, 2.05) is 0 Å². The second-order valence-electron chi connectivity index (χ2n) is 3.32. The van der Waals surface area contributed by atoms with Crippen molar-refractivity contribution in [1.82, 2.24) is 4.98 Å². The molecule has 0 atom stereocenters. The average molecular weight is 302 g/mol. The van der Waals surface area contributed by atoms with Crippen molar-refractivity contribution in [3.05, 3.63) is 23.3 Å². The lowest BCUT2D eigenvalue weighted by Crippen LogP contribution is -2.21. The van der Waals surface area contributed by atoms with Gasteiger partial charge in [-0.1, -0.05) is 0 Å². The third-order valence-corrected chi connectivity index (χ3v) is 2.38. The molecule has 1 aromatic rings. The molecule has 0 aliphatic heterocycles. The minimum absolute atomic E-state index is 0.0488. The van der Waals surface area contributed by atoms with Crippen molar-refractivity contribution in [2.75, 3.05) is 7.11 Å². The third-order valence-electron chi connectivity index (χ3n) is 2.09. The number of methoxy groups -OCH3 is 1. The van der Waals surface area contributed by atoms with E-state index < -0.39 is 30.4 Å². The zero-order chi connectivity index (χ0) is 14.6. The van der Waals surface area contributed by atoms with Gasteiger partial charge in [0, 0.05) is 17.6 Å². The molecular weight excluding hydrogens is 294 g/mol. The number of pyridine rings is 1. The summed E-state index contributed by atoms with van der Waals surface area (Å²) >= 11 is 5.50. The van der Waals surface area contributed by atoms with Gasteiger partial charge in [0.15, 0.2) is 5.75 Å². The van der Waals surface area contributed by atoms with Crippen molar-refractivity contribution in [3.63, 3.8) is 0 Å². The number of nitrogens with zero attached hydrogens (tertiary/aromatic N) is 1. The van der Waals surface area contributed by atoms with E-state index in [1.165, 1.54) is 0 Å². The fourth-order valence-electron chi connectivity index (χ4n) is 1.29. The summed E-state index contributed by atoms with van der Waals surface area (Å²) < 4.78 is 57.8. The minimum atomic E-state index is -5.11. The third kappa shape index (κ3) is 4.23. The van der Waals surface area contributed by atoms with Gasteiger partial charge in [-0.15, -0.1) is 24.8 Å². The number of rotatable bonds is 4. The van der Waals surface area contributed by atoms with Crippen LogP contribution in [0.4, 0.5) is 17.6 Å². The van der Waals surface area contributed by atoms with Crippen molar-refractivity contribution in [1.29, 1.82) is 0 Å². The quantitative estimate of drug-likeness (QED) is 0.371. The highest BCUT2D eigenvalue weighted by Crippen LogP contribution is 2.31. The topological polar surface area (TPSA) is 48.4 Å². The molecule has 1 heterocycles. The van der Waals surface area contributed by atoms with Crippen LogP contribution in [0.2, 0.25) is 0 Å². The molecule has 0 radical (unpaired) electrons. The second kappa shape index (κ2) is 6.05. The van der Waals surface area contributed by atoms with Crippen molar-refractivity contribution in [3.8, 4) is 5.75 Å². The van der Waals surface area contributed by atoms with Gasteiger partial charge in [0.25, 0.3) is 5.95 Å². The minimum Gasteiger partial charge on any atom is -0.469 e. The number of halogens is 5. The number of hydrogen-bond acceptors (Lipinski definition) is 4. The van der Waals surface area contributed by atoms with Crippen molar-refractivity contribution in [2.45, 2.75) is 18.7 Å². The summed E-state index contributed by atoms with van der Waals surface area (Å²) in [7, 11) is 1.05. The van der Waals surface area contributed by atoms with Crippen LogP contribution in [0.15, 0.2) is 6.20 Å². The van der Waals surface area contributed by atoms with Gasteiger partial charge in [-0.25, -0.2) is 4.98 Å². The van der Waals surface area contributed by atoms with Gasteiger partial charge in [-0.2, -0.15) is 4.39 Å². The number of ether oxygens (including phenoxy) is 2. The fourth-order valence-corrected chi connectivity index (χ4v) is 1.52. The Morgan fingerprint density at radius 1 is 1.47 bits per heavy atom. The van der Waals surface area contributed by atoms with E-state index in [9.17, 15) is 22.4 Å². The predicted octanol–water partition coefficient (Wildman–Crippen LogP) is 2.57. The molecule has 4 nitrogen and oxygen atoms in total. The first-order valence-corrected chi connectivity index (χ1v) is 5.36. The molecule has 0 aliphatic carbocycles. The summed E-state index contributed by atoms with van der Waals surface area (Å²) in [6.07, 6.45) is -4.79. The molecule has 19 heavy (non-hydrogen) atoms. The number of carbonyl (C=O) groups is 1. The smallest absolute Gasteiger partial charge is 0.469 e. The highest BCUT2D eigenvalue weighted by molar-refractivity contribution is 6.17. The largest absolute Gasteiger partial charge is 0.573 e. The van der Waals surface area contributed by atoms with Crippen LogP contribution >= 0.6 is 11.6 Å². The van der Waals surface area contributed by atoms with E-state index in [0.717, 1.165) is 13.3 Å². The van der Waals surface area contributed by atoms with Gasteiger partial charge in [0.05, 0.1) is 13.5 Å². The van der Waals surface area contributed by atoms with Crippen LogP contribution in [-0.4, -0.2) is 24.4 Å². The number of aromatic nitrogens is 1. The van der Waals surface area contributed by atoms with Crippen molar-refractivity contribution < 1.29 is 31.8 Å². The molecule has 0 aromatic carbocycles. The maximum absolute atomic E-state index is 13.3. The Morgan fingerprint density at radius 2 is 2.11 bits per heavy atom. The van der Waals surface area contributed by atoms with Gasteiger partial charge < -0.3 is 9.47 Å². The molecule has 0 unspecified atom stereocenters. The second-order valence-corrected chi connectivity index (χ2v) is 3.58. The molecule has 0 saturated heterocycles. The average Bonchev–Trinajstić information content (AvgIpc) is 2.32. The SMILES string of the molecule is COC(=O)Cc1c(CCl)cnc(F)c1OC(F)(F)F. The van der Waals surface area contributed by atoms with E-state index in [1.54, 1.807) is 0 Å². The van der Waals surface area contributed by atoms with Crippen LogP contribution < -0.4 is 4.74 Å². The van der Waals surface area contributed by atoms with Gasteiger partial charge in [-0.3, -0.25) is 4.79 Å². The van der Waals surface area contributed by atoms with Gasteiger partial charge in [0.1, 0.15) is 0 Å². The monoisotopic (exact) mass is 301 g/mol. The Bertz CT molecular complexity index is 479. The number of carbonyl (C=O) groups excluding carboxylic acids is 1. The van der Waals surface area contributed by atoms with Gasteiger partial charge in [0.2, 0.25) is 0 Å². The Balaban J connectivity index is 3.28. The zero-order valence-electron chi connectivity index (χ0n) is 9.55. The number of alkyl halides is 4. The Morgan fingerprint density at radius 3 is 2.58 bits per heavy atom. The lowest BCUT2D eigenvalue weighted by molar-refractivity contribution is -0.276. The fraction of sp³-hybridized carbons (Fsp3) is 0.400. The Hall–Kier alpha value is -1.57. The molecule has 0 fully saturated rings. The first-order valence-electron chi connectivity index (χ1n) is 4.83. The summed E-state index contributed by atoms with van der Waals surface area (Å²) in [6.45, 7) is 0. The maximum Gasteiger partial charge on any atom is 0.573 e. The van der Waals surface area contributed by atoms with E-state index in [-0.39, 0.29) is 17.0 Å². The van der Waals surface area contributed by atoms with Crippen LogP contribution in [0, 0.1) is 5.95 Å². The number of hydrogen-bond donors (Lipinski definition) is 0. The van der Waals surface area contributed by atoms with Crippen LogP contribution in [0.1, 0.15) is 11.1 Å². The van der Waals surface area contributed by atoms with Gasteiger partial charge >= 0.3 is 12.3 Å². The van der Waals surface area contributed by atoms with Crippen LogP contribution in [0.5, 0.6) is 5.75 Å². The van der Waals surface area contributed by atoms with Crippen molar-refractivity contribution in [2.24, 2.45) is 0 Å². The number of esters is 1. The first-order chi connectivity index (χ1) is 8.78. The van der Waals surface area contributed by atoms with Crippen molar-refractivity contribution >= 4 is 17.6 Å². The first kappa shape index (κ1) is 15.5. The standard InChI is InChI=1S/C10H8ClF4NO3/c1-18-7(17)2-6-5(3-11)4-16-9(12)8(6)19-10(13,14)15/h4H,2-3H2,1H3. The molecule has 1 rings (SSSR count). The molecule has 0 bridgehead atoms. The summed E-state index contributed by atoms with van der Waals surface area (Å²) in [5.74, 6) is -3.77. The highest BCUT2D eigenvalue weighted by Gasteiger charge is 2.35. The Labute approximate surface area is 110 Å². The summed E-state index contributed by atoms with van der Waals surface area (Å²) in [5, 5.41) is 0. The molecule has 106 valence electrons. The zero-order valence-corrected chi connectivity index (χ0v) is 10.3. The summed E-state index contributed by atoms with van der Waals surface area (Å²) in [6, 6.07) is 0. The molecule has 0 amide bonds. The maximum atomic E-state index is 13.3.